The molecule has 3 rings (SSSR count). The molecule has 0 radical (unpaired) electrons. The van der Waals surface area contributed by atoms with Crippen molar-refractivity contribution in [2.75, 3.05) is 5.32 Å². The molecule has 0 aliphatic heterocycles. The first-order valence-corrected chi connectivity index (χ1v) is 6.42. The van der Waals surface area contributed by atoms with E-state index in [9.17, 15) is 0 Å². The van der Waals surface area contributed by atoms with Crippen molar-refractivity contribution < 1.29 is 4.42 Å². The van der Waals surface area contributed by atoms with E-state index in [1.54, 1.807) is 23.5 Å². The average molecular weight is 269 g/mol. The van der Waals surface area contributed by atoms with Crippen LogP contribution in [0.1, 0.15) is 12.7 Å². The summed E-state index contributed by atoms with van der Waals surface area (Å²) in [6.45, 7) is 2.10. The first-order valence-electron chi connectivity index (χ1n) is 6.42. The second kappa shape index (κ2) is 5.56. The maximum atomic E-state index is 5.36. The minimum atomic E-state index is 0.215. The van der Waals surface area contributed by atoms with Crippen molar-refractivity contribution >= 4 is 5.69 Å². The summed E-state index contributed by atoms with van der Waals surface area (Å²) in [7, 11) is 0. The highest BCUT2D eigenvalue weighted by molar-refractivity contribution is 5.56. The summed E-state index contributed by atoms with van der Waals surface area (Å²) >= 11 is 0. The Morgan fingerprint density at radius 2 is 2.30 bits per heavy atom. The van der Waals surface area contributed by atoms with Gasteiger partial charge in [0.15, 0.2) is 5.82 Å². The lowest BCUT2D eigenvalue weighted by Gasteiger charge is -2.16. The summed E-state index contributed by atoms with van der Waals surface area (Å²) in [5.41, 5.74) is 0.914. The van der Waals surface area contributed by atoms with E-state index >= 15 is 0 Å². The normalized spacial score (nSPS) is 12.2. The summed E-state index contributed by atoms with van der Waals surface area (Å²) in [6.07, 6.45) is 7.35. The summed E-state index contributed by atoms with van der Waals surface area (Å²) in [6, 6.07) is 7.95. The van der Waals surface area contributed by atoms with Crippen LogP contribution in [0.4, 0.5) is 5.69 Å². The summed E-state index contributed by atoms with van der Waals surface area (Å²) in [4.78, 5) is 8.29. The molecule has 0 saturated heterocycles. The molecule has 0 amide bonds. The van der Waals surface area contributed by atoms with Crippen molar-refractivity contribution in [2.45, 2.75) is 19.4 Å². The highest BCUT2D eigenvalue weighted by atomic mass is 16.3. The minimum Gasteiger partial charge on any atom is -0.469 e. The Kier molecular flexibility index (Phi) is 3.45. The van der Waals surface area contributed by atoms with Crippen molar-refractivity contribution in [2.24, 2.45) is 0 Å². The van der Waals surface area contributed by atoms with Gasteiger partial charge in [0.1, 0.15) is 18.4 Å². The number of furan rings is 1. The molecule has 1 atom stereocenters. The fourth-order valence-electron chi connectivity index (χ4n) is 2.06. The van der Waals surface area contributed by atoms with Gasteiger partial charge in [-0.2, -0.15) is 5.10 Å². The Morgan fingerprint density at radius 3 is 3.05 bits per heavy atom. The van der Waals surface area contributed by atoms with Gasteiger partial charge >= 0.3 is 0 Å². The Labute approximate surface area is 116 Å². The van der Waals surface area contributed by atoms with Crippen LogP contribution >= 0.6 is 0 Å². The molecule has 0 bridgehead atoms. The molecule has 0 spiro atoms. The van der Waals surface area contributed by atoms with Gasteiger partial charge in [-0.25, -0.2) is 14.6 Å². The van der Waals surface area contributed by atoms with Crippen LogP contribution in [-0.2, 0) is 6.42 Å². The van der Waals surface area contributed by atoms with Gasteiger partial charge in [0.2, 0.25) is 0 Å². The fourth-order valence-corrected chi connectivity index (χ4v) is 2.06. The van der Waals surface area contributed by atoms with E-state index in [2.05, 4.69) is 27.3 Å². The molecule has 102 valence electrons. The van der Waals surface area contributed by atoms with E-state index in [-0.39, 0.29) is 6.04 Å². The van der Waals surface area contributed by atoms with E-state index < -0.39 is 0 Å². The first-order chi connectivity index (χ1) is 9.83. The zero-order valence-corrected chi connectivity index (χ0v) is 11.1. The molecule has 1 unspecified atom stereocenters. The second-order valence-corrected chi connectivity index (χ2v) is 4.54. The number of anilines is 1. The first kappa shape index (κ1) is 12.4. The monoisotopic (exact) mass is 269 g/mol. The third-order valence-electron chi connectivity index (χ3n) is 2.91. The van der Waals surface area contributed by atoms with Gasteiger partial charge in [0, 0.05) is 18.7 Å². The van der Waals surface area contributed by atoms with Crippen molar-refractivity contribution in [1.29, 1.82) is 0 Å². The highest BCUT2D eigenvalue weighted by Crippen LogP contribution is 2.18. The maximum absolute atomic E-state index is 5.36. The quantitative estimate of drug-likeness (QED) is 0.769. The van der Waals surface area contributed by atoms with E-state index in [0.717, 1.165) is 23.7 Å². The predicted octanol–water partition coefficient (Wildman–Crippen LogP) is 2.30. The molecule has 0 aliphatic carbocycles. The number of nitrogens with one attached hydrogen (secondary N) is 1. The summed E-state index contributed by atoms with van der Waals surface area (Å²) in [5.74, 6) is 1.69. The minimum absolute atomic E-state index is 0.215. The average Bonchev–Trinajstić information content (AvgIpc) is 3.11. The molecule has 3 aromatic rings. The van der Waals surface area contributed by atoms with E-state index in [0.29, 0.717) is 0 Å². The third kappa shape index (κ3) is 2.69. The number of nitrogens with zero attached hydrogens (tertiary/aromatic N) is 4. The molecule has 0 aromatic carbocycles. The van der Waals surface area contributed by atoms with Crippen LogP contribution in [0.2, 0.25) is 0 Å². The van der Waals surface area contributed by atoms with Crippen LogP contribution in [0.25, 0.3) is 5.82 Å². The lowest BCUT2D eigenvalue weighted by atomic mass is 10.2. The summed E-state index contributed by atoms with van der Waals surface area (Å²) < 4.78 is 7.00. The van der Waals surface area contributed by atoms with E-state index in [1.807, 2.05) is 24.3 Å². The number of pyridine rings is 1. The lowest BCUT2D eigenvalue weighted by molar-refractivity contribution is 0.497. The van der Waals surface area contributed by atoms with Crippen molar-refractivity contribution in [1.82, 2.24) is 19.7 Å². The molecule has 0 aliphatic rings. The molecule has 1 N–H and O–H groups in total. The van der Waals surface area contributed by atoms with Crippen LogP contribution in [0.5, 0.6) is 0 Å². The Morgan fingerprint density at radius 1 is 1.35 bits per heavy atom. The van der Waals surface area contributed by atoms with Crippen molar-refractivity contribution in [3.63, 3.8) is 0 Å². The topological polar surface area (TPSA) is 68.8 Å². The van der Waals surface area contributed by atoms with Crippen molar-refractivity contribution in [3.8, 4) is 5.82 Å². The molecule has 6 nitrogen and oxygen atoms in total. The number of aromatic nitrogens is 4. The Balaban J connectivity index is 1.77. The second-order valence-electron chi connectivity index (χ2n) is 4.54. The van der Waals surface area contributed by atoms with Crippen LogP contribution in [0, 0.1) is 0 Å². The molecular weight excluding hydrogens is 254 g/mol. The van der Waals surface area contributed by atoms with Crippen LogP contribution < -0.4 is 5.32 Å². The van der Waals surface area contributed by atoms with Gasteiger partial charge in [0.05, 0.1) is 12.0 Å². The van der Waals surface area contributed by atoms with E-state index in [1.165, 1.54) is 6.33 Å². The maximum Gasteiger partial charge on any atom is 0.178 e. The lowest BCUT2D eigenvalue weighted by Crippen LogP contribution is -2.19. The van der Waals surface area contributed by atoms with Crippen LogP contribution in [0.15, 0.2) is 53.8 Å². The molecule has 3 heterocycles. The molecule has 0 saturated carbocycles. The SMILES string of the molecule is CC(Cc1ccco1)Nc1cccnc1-n1cncn1. The molecular formula is C14H15N5O. The van der Waals surface area contributed by atoms with Gasteiger partial charge in [-0.1, -0.05) is 0 Å². The smallest absolute Gasteiger partial charge is 0.178 e. The third-order valence-corrected chi connectivity index (χ3v) is 2.91. The van der Waals surface area contributed by atoms with Crippen LogP contribution in [-0.4, -0.2) is 25.8 Å². The standard InChI is InChI=1S/C14H15N5O/c1-11(8-12-4-3-7-20-12)18-13-5-2-6-16-14(13)19-10-15-9-17-19/h2-7,9-11,18H,8H2,1H3. The summed E-state index contributed by atoms with van der Waals surface area (Å²) in [5, 5.41) is 7.54. The predicted molar refractivity (Wildman–Crippen MR) is 74.7 cm³/mol. The Bertz CT molecular complexity index is 648. The zero-order chi connectivity index (χ0) is 13.8. The van der Waals surface area contributed by atoms with Gasteiger partial charge in [0.25, 0.3) is 0 Å². The zero-order valence-electron chi connectivity index (χ0n) is 11.1. The van der Waals surface area contributed by atoms with Gasteiger partial charge in [-0.05, 0) is 31.2 Å². The number of rotatable bonds is 5. The van der Waals surface area contributed by atoms with Crippen LogP contribution in [0.3, 0.4) is 0 Å². The van der Waals surface area contributed by atoms with Gasteiger partial charge < -0.3 is 9.73 Å². The largest absolute Gasteiger partial charge is 0.469 e. The van der Waals surface area contributed by atoms with Gasteiger partial charge in [-0.3, -0.25) is 0 Å². The van der Waals surface area contributed by atoms with E-state index in [4.69, 9.17) is 4.42 Å². The Hall–Kier alpha value is -2.63. The van der Waals surface area contributed by atoms with Gasteiger partial charge in [-0.15, -0.1) is 0 Å². The fraction of sp³-hybridized carbons (Fsp3) is 0.214. The number of hydrogen-bond donors (Lipinski definition) is 1. The molecule has 3 aromatic heterocycles. The molecule has 0 fully saturated rings. The molecule has 20 heavy (non-hydrogen) atoms. The van der Waals surface area contributed by atoms with Crippen molar-refractivity contribution in [3.05, 3.63) is 55.1 Å². The highest BCUT2D eigenvalue weighted by Gasteiger charge is 2.10. The number of hydrogen-bond acceptors (Lipinski definition) is 5. The molecule has 6 heteroatoms.